The van der Waals surface area contributed by atoms with Crippen molar-refractivity contribution in [1.29, 1.82) is 0 Å². The Morgan fingerprint density at radius 1 is 1.16 bits per heavy atom. The lowest BCUT2D eigenvalue weighted by atomic mass is 10.0. The lowest BCUT2D eigenvalue weighted by Crippen LogP contribution is -2.29. The second kappa shape index (κ2) is 8.51. The summed E-state index contributed by atoms with van der Waals surface area (Å²) in [6.07, 6.45) is 1.80. The summed E-state index contributed by atoms with van der Waals surface area (Å²) in [7, 11) is 0. The van der Waals surface area contributed by atoms with Crippen LogP contribution >= 0.6 is 12.2 Å². The van der Waals surface area contributed by atoms with Crippen LogP contribution in [0.4, 0.5) is 11.4 Å². The summed E-state index contributed by atoms with van der Waals surface area (Å²) in [5.74, 6) is -0.0711. The summed E-state index contributed by atoms with van der Waals surface area (Å²) in [5, 5.41) is 7.11. The molecule has 6 nitrogen and oxygen atoms in total. The molecule has 0 unspecified atom stereocenters. The van der Waals surface area contributed by atoms with E-state index in [9.17, 15) is 4.79 Å². The molecular weight excluding hydrogens is 406 g/mol. The highest BCUT2D eigenvalue weighted by Crippen LogP contribution is 2.41. The van der Waals surface area contributed by atoms with E-state index in [-0.39, 0.29) is 23.9 Å². The van der Waals surface area contributed by atoms with Crippen molar-refractivity contribution >= 4 is 34.6 Å². The Morgan fingerprint density at radius 3 is 2.58 bits per heavy atom. The average Bonchev–Trinajstić information content (AvgIpc) is 3.32. The van der Waals surface area contributed by atoms with Gasteiger partial charge in [-0.05, 0) is 74.1 Å². The van der Waals surface area contributed by atoms with Crippen LogP contribution in [0.5, 0.6) is 0 Å². The van der Waals surface area contributed by atoms with Crippen LogP contribution in [-0.4, -0.2) is 21.0 Å². The molecule has 2 aromatic heterocycles. The first kappa shape index (κ1) is 21.1. The Hall–Kier alpha value is -3.19. The van der Waals surface area contributed by atoms with Crippen molar-refractivity contribution in [3.05, 3.63) is 77.4 Å². The molecule has 7 heteroatoms. The normalized spacial score (nSPS) is 18.4. The molecule has 160 valence electrons. The molecule has 0 saturated carbocycles. The number of carbonyl (C=O) groups is 1. The number of aromatic nitrogens is 2. The number of nitrogens with one attached hydrogen (secondary N) is 3. The van der Waals surface area contributed by atoms with E-state index in [0.29, 0.717) is 5.11 Å². The maximum Gasteiger partial charge on any atom is 0.226 e. The van der Waals surface area contributed by atoms with Crippen LogP contribution in [0, 0.1) is 19.8 Å². The standard InChI is InChI=1S/C24H27N5OS/c1-14(2)23(30)27-18-11-9-17(13-15(18)3)29-22(20-10-8-16(4)26-20)21(28-24(29)31)19-7-5-6-12-25-19/h5-14,21-22,26H,1-4H3,(H,27,30)(H,28,31)/t21-,22-/m0/s1. The van der Waals surface area contributed by atoms with Crippen molar-refractivity contribution in [2.45, 2.75) is 39.8 Å². The molecule has 1 fully saturated rings. The Labute approximate surface area is 188 Å². The third-order valence-electron chi connectivity index (χ3n) is 5.54. The molecule has 3 N–H and O–H groups in total. The highest BCUT2D eigenvalue weighted by molar-refractivity contribution is 7.80. The van der Waals surface area contributed by atoms with Crippen LogP contribution in [0.3, 0.4) is 0 Å². The van der Waals surface area contributed by atoms with Gasteiger partial charge in [-0.2, -0.15) is 0 Å². The van der Waals surface area contributed by atoms with E-state index in [2.05, 4.69) is 43.7 Å². The molecule has 1 amide bonds. The molecule has 1 saturated heterocycles. The number of nitrogens with zero attached hydrogens (tertiary/aromatic N) is 2. The number of amides is 1. The van der Waals surface area contributed by atoms with Crippen molar-refractivity contribution in [3.8, 4) is 0 Å². The van der Waals surface area contributed by atoms with Gasteiger partial charge >= 0.3 is 0 Å². The Kier molecular flexibility index (Phi) is 5.78. The van der Waals surface area contributed by atoms with Gasteiger partial charge in [-0.15, -0.1) is 0 Å². The summed E-state index contributed by atoms with van der Waals surface area (Å²) in [6, 6.07) is 15.9. The van der Waals surface area contributed by atoms with E-state index in [1.807, 2.05) is 58.0 Å². The van der Waals surface area contributed by atoms with Crippen molar-refractivity contribution < 1.29 is 4.79 Å². The molecule has 0 radical (unpaired) electrons. The molecule has 1 aliphatic heterocycles. The fourth-order valence-corrected chi connectivity index (χ4v) is 4.21. The smallest absolute Gasteiger partial charge is 0.226 e. The van der Waals surface area contributed by atoms with Crippen molar-refractivity contribution in [3.63, 3.8) is 0 Å². The van der Waals surface area contributed by atoms with Crippen LogP contribution in [0.2, 0.25) is 0 Å². The number of H-pyrrole nitrogens is 1. The van der Waals surface area contributed by atoms with E-state index in [1.165, 1.54) is 0 Å². The molecule has 1 aliphatic rings. The molecule has 3 aromatic rings. The van der Waals surface area contributed by atoms with Gasteiger partial charge in [0.15, 0.2) is 5.11 Å². The van der Waals surface area contributed by atoms with Gasteiger partial charge in [0.1, 0.15) is 6.04 Å². The summed E-state index contributed by atoms with van der Waals surface area (Å²) in [4.78, 5) is 22.3. The highest BCUT2D eigenvalue weighted by Gasteiger charge is 2.41. The first-order valence-electron chi connectivity index (χ1n) is 10.4. The highest BCUT2D eigenvalue weighted by atomic mass is 32.1. The third kappa shape index (κ3) is 4.18. The Morgan fingerprint density at radius 2 is 1.97 bits per heavy atom. The van der Waals surface area contributed by atoms with E-state index >= 15 is 0 Å². The minimum Gasteiger partial charge on any atom is -0.361 e. The molecule has 0 bridgehead atoms. The van der Waals surface area contributed by atoms with Crippen LogP contribution in [-0.2, 0) is 4.79 Å². The van der Waals surface area contributed by atoms with E-state index in [4.69, 9.17) is 12.2 Å². The number of carbonyl (C=O) groups excluding carboxylic acids is 1. The fraction of sp³-hybridized carbons (Fsp3) is 0.292. The van der Waals surface area contributed by atoms with E-state index < -0.39 is 0 Å². The summed E-state index contributed by atoms with van der Waals surface area (Å²) < 4.78 is 0. The minimum atomic E-state index is -0.0904. The van der Waals surface area contributed by atoms with Gasteiger partial charge in [0.2, 0.25) is 5.91 Å². The SMILES string of the molecule is Cc1ccc([C@H]2[C@H](c3ccccn3)NC(=S)N2c2ccc(NC(=O)C(C)C)c(C)c2)[nH]1. The molecule has 2 atom stereocenters. The number of thiocarbonyl (C=S) groups is 1. The number of anilines is 2. The topological polar surface area (TPSA) is 73.1 Å². The second-order valence-electron chi connectivity index (χ2n) is 8.24. The van der Waals surface area contributed by atoms with E-state index in [0.717, 1.165) is 34.0 Å². The first-order chi connectivity index (χ1) is 14.8. The zero-order valence-corrected chi connectivity index (χ0v) is 19.0. The molecule has 0 spiro atoms. The van der Waals surface area contributed by atoms with Crippen molar-refractivity contribution in [2.24, 2.45) is 5.92 Å². The lowest BCUT2D eigenvalue weighted by Gasteiger charge is -2.27. The van der Waals surface area contributed by atoms with Crippen LogP contribution < -0.4 is 15.5 Å². The minimum absolute atomic E-state index is 0.00385. The number of aromatic amines is 1. The lowest BCUT2D eigenvalue weighted by molar-refractivity contribution is -0.118. The molecule has 4 rings (SSSR count). The second-order valence-corrected chi connectivity index (χ2v) is 8.62. The van der Waals surface area contributed by atoms with E-state index in [1.54, 1.807) is 6.20 Å². The van der Waals surface area contributed by atoms with Gasteiger partial charge in [0.25, 0.3) is 0 Å². The monoisotopic (exact) mass is 433 g/mol. The van der Waals surface area contributed by atoms with Crippen LogP contribution in [0.25, 0.3) is 0 Å². The number of pyridine rings is 1. The quantitative estimate of drug-likeness (QED) is 0.504. The number of aryl methyl sites for hydroxylation is 2. The predicted molar refractivity (Wildman–Crippen MR) is 128 cm³/mol. The molecule has 0 aliphatic carbocycles. The van der Waals surface area contributed by atoms with Crippen LogP contribution in [0.1, 0.15) is 48.6 Å². The third-order valence-corrected chi connectivity index (χ3v) is 5.86. The number of benzene rings is 1. The zero-order chi connectivity index (χ0) is 22.1. The van der Waals surface area contributed by atoms with Gasteiger partial charge in [-0.3, -0.25) is 9.78 Å². The largest absolute Gasteiger partial charge is 0.361 e. The Bertz CT molecular complexity index is 1110. The van der Waals surface area contributed by atoms with Gasteiger partial charge in [0.05, 0.1) is 11.7 Å². The number of hydrogen-bond donors (Lipinski definition) is 3. The number of hydrogen-bond acceptors (Lipinski definition) is 3. The van der Waals surface area contributed by atoms with Crippen LogP contribution in [0.15, 0.2) is 54.7 Å². The molecule has 3 heterocycles. The van der Waals surface area contributed by atoms with Gasteiger partial charge in [-0.25, -0.2) is 0 Å². The van der Waals surface area contributed by atoms with Crippen molar-refractivity contribution in [1.82, 2.24) is 15.3 Å². The summed E-state index contributed by atoms with van der Waals surface area (Å²) in [6.45, 7) is 7.80. The maximum absolute atomic E-state index is 12.1. The Balaban J connectivity index is 1.73. The maximum atomic E-state index is 12.1. The van der Waals surface area contributed by atoms with Crippen molar-refractivity contribution in [2.75, 3.05) is 10.2 Å². The van der Waals surface area contributed by atoms with Gasteiger partial charge < -0.3 is 20.5 Å². The average molecular weight is 434 g/mol. The summed E-state index contributed by atoms with van der Waals surface area (Å²) in [5.41, 5.74) is 5.85. The summed E-state index contributed by atoms with van der Waals surface area (Å²) >= 11 is 5.77. The predicted octanol–water partition coefficient (Wildman–Crippen LogP) is 4.80. The molecular formula is C24H27N5OS. The zero-order valence-electron chi connectivity index (χ0n) is 18.1. The number of rotatable bonds is 5. The van der Waals surface area contributed by atoms with Gasteiger partial charge in [0, 0.05) is 34.9 Å². The van der Waals surface area contributed by atoms with Gasteiger partial charge in [-0.1, -0.05) is 19.9 Å². The molecule has 1 aromatic carbocycles. The fourth-order valence-electron chi connectivity index (χ4n) is 3.86. The molecule has 31 heavy (non-hydrogen) atoms. The first-order valence-corrected chi connectivity index (χ1v) is 10.8.